The van der Waals surface area contributed by atoms with Gasteiger partial charge in [-0.05, 0) is 6.42 Å². The van der Waals surface area contributed by atoms with E-state index in [0.29, 0.717) is 19.6 Å². The molecule has 0 bridgehead atoms. The van der Waals surface area contributed by atoms with Crippen LogP contribution in [0.3, 0.4) is 0 Å². The molecular formula is C14H16O4. The van der Waals surface area contributed by atoms with Crippen LogP contribution in [-0.2, 0) is 24.1 Å². The molecule has 1 aromatic carbocycles. The summed E-state index contributed by atoms with van der Waals surface area (Å²) in [5, 5.41) is 0. The Kier molecular flexibility index (Phi) is 2.86. The molecule has 2 aliphatic rings. The number of rotatable bonds is 4. The van der Waals surface area contributed by atoms with E-state index in [0.717, 1.165) is 59.5 Å². The SMILES string of the molecule is COc1c2c(c(CCC=O)c3c1OCC3)OCC2. The van der Waals surface area contributed by atoms with E-state index < -0.39 is 0 Å². The quantitative estimate of drug-likeness (QED) is 0.761. The average molecular weight is 248 g/mol. The summed E-state index contributed by atoms with van der Waals surface area (Å²) in [4.78, 5) is 10.6. The molecule has 0 radical (unpaired) electrons. The van der Waals surface area contributed by atoms with Crippen LogP contribution >= 0.6 is 0 Å². The molecule has 1 aromatic rings. The predicted molar refractivity (Wildman–Crippen MR) is 65.8 cm³/mol. The van der Waals surface area contributed by atoms with Crippen molar-refractivity contribution in [1.82, 2.24) is 0 Å². The largest absolute Gasteiger partial charge is 0.493 e. The lowest BCUT2D eigenvalue weighted by atomic mass is 9.95. The summed E-state index contributed by atoms with van der Waals surface area (Å²) < 4.78 is 16.9. The van der Waals surface area contributed by atoms with Gasteiger partial charge in [-0.15, -0.1) is 0 Å². The summed E-state index contributed by atoms with van der Waals surface area (Å²) in [6.07, 6.45) is 3.92. The second kappa shape index (κ2) is 4.52. The smallest absolute Gasteiger partial charge is 0.168 e. The van der Waals surface area contributed by atoms with Crippen LogP contribution in [0.1, 0.15) is 23.1 Å². The number of methoxy groups -OCH3 is 1. The highest BCUT2D eigenvalue weighted by Crippen LogP contribution is 2.49. The molecule has 4 nitrogen and oxygen atoms in total. The number of fused-ring (bicyclic) bond motifs is 2. The summed E-state index contributed by atoms with van der Waals surface area (Å²) in [5.74, 6) is 2.62. The molecule has 0 aromatic heterocycles. The van der Waals surface area contributed by atoms with Gasteiger partial charge in [0.2, 0.25) is 0 Å². The topological polar surface area (TPSA) is 44.8 Å². The zero-order valence-corrected chi connectivity index (χ0v) is 10.5. The van der Waals surface area contributed by atoms with Gasteiger partial charge in [-0.25, -0.2) is 0 Å². The molecule has 4 heteroatoms. The Labute approximate surface area is 106 Å². The number of benzene rings is 1. The summed E-state index contributed by atoms with van der Waals surface area (Å²) in [5.41, 5.74) is 3.40. The fourth-order valence-corrected chi connectivity index (χ4v) is 2.85. The van der Waals surface area contributed by atoms with Crippen molar-refractivity contribution in [1.29, 1.82) is 0 Å². The molecular weight excluding hydrogens is 232 g/mol. The third-order valence-electron chi connectivity index (χ3n) is 3.58. The van der Waals surface area contributed by atoms with Gasteiger partial charge in [0.1, 0.15) is 12.0 Å². The molecule has 18 heavy (non-hydrogen) atoms. The zero-order valence-electron chi connectivity index (χ0n) is 10.5. The van der Waals surface area contributed by atoms with E-state index >= 15 is 0 Å². The van der Waals surface area contributed by atoms with E-state index in [1.54, 1.807) is 7.11 Å². The van der Waals surface area contributed by atoms with Crippen molar-refractivity contribution in [2.24, 2.45) is 0 Å². The maximum absolute atomic E-state index is 10.6. The van der Waals surface area contributed by atoms with Gasteiger partial charge in [0.15, 0.2) is 11.5 Å². The van der Waals surface area contributed by atoms with Crippen molar-refractivity contribution in [3.8, 4) is 17.2 Å². The molecule has 0 aliphatic carbocycles. The summed E-state index contributed by atoms with van der Waals surface area (Å²) in [6.45, 7) is 1.37. The van der Waals surface area contributed by atoms with Gasteiger partial charge in [0.25, 0.3) is 0 Å². The Hall–Kier alpha value is -1.71. The van der Waals surface area contributed by atoms with Crippen LogP contribution in [0, 0.1) is 0 Å². The van der Waals surface area contributed by atoms with Crippen LogP contribution in [0.25, 0.3) is 0 Å². The van der Waals surface area contributed by atoms with Crippen molar-refractivity contribution in [3.63, 3.8) is 0 Å². The lowest BCUT2D eigenvalue weighted by molar-refractivity contribution is -0.107. The second-order valence-electron chi connectivity index (χ2n) is 4.53. The Balaban J connectivity index is 2.16. The number of ether oxygens (including phenoxy) is 3. The van der Waals surface area contributed by atoms with Crippen LogP contribution < -0.4 is 14.2 Å². The number of hydrogen-bond acceptors (Lipinski definition) is 4. The summed E-state index contributed by atoms with van der Waals surface area (Å²) in [6, 6.07) is 0. The maximum atomic E-state index is 10.6. The van der Waals surface area contributed by atoms with Gasteiger partial charge in [-0.1, -0.05) is 0 Å². The number of aldehydes is 1. The van der Waals surface area contributed by atoms with E-state index in [9.17, 15) is 4.79 Å². The molecule has 2 heterocycles. The first-order valence-corrected chi connectivity index (χ1v) is 6.30. The molecule has 0 amide bonds. The number of carbonyl (C=O) groups excluding carboxylic acids is 1. The molecule has 0 saturated carbocycles. The van der Waals surface area contributed by atoms with Crippen molar-refractivity contribution in [2.45, 2.75) is 25.7 Å². The lowest BCUT2D eigenvalue weighted by Crippen LogP contribution is -2.00. The Morgan fingerprint density at radius 1 is 1.17 bits per heavy atom. The van der Waals surface area contributed by atoms with Gasteiger partial charge in [0.05, 0.1) is 20.3 Å². The molecule has 96 valence electrons. The third kappa shape index (κ3) is 1.55. The van der Waals surface area contributed by atoms with Crippen molar-refractivity contribution in [3.05, 3.63) is 16.7 Å². The average Bonchev–Trinajstić information content (AvgIpc) is 3.02. The predicted octanol–water partition coefficient (Wildman–Crippen LogP) is 1.70. The van der Waals surface area contributed by atoms with Crippen molar-refractivity contribution < 1.29 is 19.0 Å². The number of carbonyl (C=O) groups is 1. The van der Waals surface area contributed by atoms with E-state index in [1.807, 2.05) is 0 Å². The fourth-order valence-electron chi connectivity index (χ4n) is 2.85. The first-order valence-electron chi connectivity index (χ1n) is 6.30. The lowest BCUT2D eigenvalue weighted by Gasteiger charge is -2.16. The standard InChI is InChI=1S/C14H16O4/c1-16-13-11-5-8-17-12(11)9(3-2-6-15)10-4-7-18-14(10)13/h6H,2-5,7-8H2,1H3. The van der Waals surface area contributed by atoms with E-state index in [-0.39, 0.29) is 0 Å². The molecule has 0 N–H and O–H groups in total. The molecule has 0 spiro atoms. The highest BCUT2D eigenvalue weighted by molar-refractivity contribution is 5.66. The third-order valence-corrected chi connectivity index (χ3v) is 3.58. The second-order valence-corrected chi connectivity index (χ2v) is 4.53. The van der Waals surface area contributed by atoms with Crippen LogP contribution in [0.5, 0.6) is 17.2 Å². The van der Waals surface area contributed by atoms with E-state index in [4.69, 9.17) is 14.2 Å². The normalized spacial score (nSPS) is 15.6. The fraction of sp³-hybridized carbons (Fsp3) is 0.500. The van der Waals surface area contributed by atoms with Gasteiger partial charge < -0.3 is 19.0 Å². The van der Waals surface area contributed by atoms with E-state index in [2.05, 4.69) is 0 Å². The van der Waals surface area contributed by atoms with Crippen molar-refractivity contribution in [2.75, 3.05) is 20.3 Å². The van der Waals surface area contributed by atoms with Gasteiger partial charge in [-0.3, -0.25) is 0 Å². The molecule has 2 aliphatic heterocycles. The molecule has 0 unspecified atom stereocenters. The first-order chi connectivity index (χ1) is 8.86. The van der Waals surface area contributed by atoms with Crippen LogP contribution in [0.2, 0.25) is 0 Å². The molecule has 0 fully saturated rings. The van der Waals surface area contributed by atoms with Gasteiger partial charge in [0, 0.05) is 36.0 Å². The number of hydrogen-bond donors (Lipinski definition) is 0. The summed E-state index contributed by atoms with van der Waals surface area (Å²) in [7, 11) is 1.67. The zero-order chi connectivity index (χ0) is 12.5. The van der Waals surface area contributed by atoms with Crippen molar-refractivity contribution >= 4 is 6.29 Å². The minimum absolute atomic E-state index is 0.522. The maximum Gasteiger partial charge on any atom is 0.168 e. The minimum Gasteiger partial charge on any atom is -0.493 e. The molecule has 3 rings (SSSR count). The van der Waals surface area contributed by atoms with Crippen LogP contribution in [-0.4, -0.2) is 26.6 Å². The molecule has 0 atom stereocenters. The summed E-state index contributed by atoms with van der Waals surface area (Å²) >= 11 is 0. The minimum atomic E-state index is 0.522. The Bertz CT molecular complexity index is 458. The van der Waals surface area contributed by atoms with Gasteiger partial charge >= 0.3 is 0 Å². The highest BCUT2D eigenvalue weighted by atomic mass is 16.5. The first kappa shape index (κ1) is 11.4. The van der Waals surface area contributed by atoms with Gasteiger partial charge in [-0.2, -0.15) is 0 Å². The Morgan fingerprint density at radius 3 is 2.61 bits per heavy atom. The monoisotopic (exact) mass is 248 g/mol. The van der Waals surface area contributed by atoms with E-state index in [1.165, 1.54) is 0 Å². The molecule has 0 saturated heterocycles. The Morgan fingerprint density at radius 2 is 1.89 bits per heavy atom. The highest BCUT2D eigenvalue weighted by Gasteiger charge is 2.31. The van der Waals surface area contributed by atoms with Crippen LogP contribution in [0.15, 0.2) is 0 Å². The van der Waals surface area contributed by atoms with Crippen LogP contribution in [0.4, 0.5) is 0 Å².